The summed E-state index contributed by atoms with van der Waals surface area (Å²) in [5.41, 5.74) is 0. The molecule has 2 fully saturated rings. The van der Waals surface area contributed by atoms with E-state index in [4.69, 9.17) is 9.84 Å². The van der Waals surface area contributed by atoms with Crippen LogP contribution in [0.4, 0.5) is 0 Å². The monoisotopic (exact) mass is 259 g/mol. The minimum absolute atomic E-state index is 0.148. The van der Waals surface area contributed by atoms with Crippen LogP contribution in [0.3, 0.4) is 0 Å². The lowest BCUT2D eigenvalue weighted by Gasteiger charge is -2.40. The predicted octanol–water partition coefficient (Wildman–Crippen LogP) is 1.40. The zero-order chi connectivity index (χ0) is 13.5. The molecule has 1 saturated heterocycles. The molecule has 2 unspecified atom stereocenters. The van der Waals surface area contributed by atoms with Gasteiger partial charge in [0.2, 0.25) is 0 Å². The van der Waals surface area contributed by atoms with Gasteiger partial charge in [-0.1, -0.05) is 0 Å². The molecule has 0 bridgehead atoms. The van der Waals surface area contributed by atoms with Crippen LogP contribution >= 0.6 is 0 Å². The first kappa shape index (κ1) is 15.9. The quantitative estimate of drug-likeness (QED) is 0.804. The topological polar surface area (TPSA) is 52.9 Å². The molecule has 0 spiro atoms. The maximum Gasteiger partial charge on any atom is 0.0571 e. The van der Waals surface area contributed by atoms with Crippen molar-refractivity contribution in [2.45, 2.75) is 70.2 Å². The second kappa shape index (κ2) is 8.10. The summed E-state index contributed by atoms with van der Waals surface area (Å²) in [7, 11) is 1.78. The van der Waals surface area contributed by atoms with Crippen molar-refractivity contribution in [1.82, 2.24) is 4.90 Å². The SMILES string of the molecule is CC1CC(O)CC(C)N1CCO.COC1CCC1. The molecule has 18 heavy (non-hydrogen) atoms. The van der Waals surface area contributed by atoms with Crippen molar-refractivity contribution >= 4 is 0 Å². The lowest BCUT2D eigenvalue weighted by molar-refractivity contribution is 0.00538. The smallest absolute Gasteiger partial charge is 0.0571 e. The summed E-state index contributed by atoms with van der Waals surface area (Å²) in [6.45, 7) is 5.16. The van der Waals surface area contributed by atoms with Gasteiger partial charge in [-0.2, -0.15) is 0 Å². The highest BCUT2D eigenvalue weighted by atomic mass is 16.5. The van der Waals surface area contributed by atoms with Gasteiger partial charge in [-0.05, 0) is 46.0 Å². The summed E-state index contributed by atoms with van der Waals surface area (Å²) < 4.78 is 4.99. The Bertz CT molecular complexity index is 206. The van der Waals surface area contributed by atoms with Crippen molar-refractivity contribution < 1.29 is 14.9 Å². The number of hydrogen-bond acceptors (Lipinski definition) is 4. The Kier molecular flexibility index (Phi) is 7.15. The number of aliphatic hydroxyl groups excluding tert-OH is 2. The number of hydrogen-bond donors (Lipinski definition) is 2. The van der Waals surface area contributed by atoms with Gasteiger partial charge in [0.05, 0.1) is 18.8 Å². The molecule has 1 heterocycles. The highest BCUT2D eigenvalue weighted by molar-refractivity contribution is 4.83. The molecule has 108 valence electrons. The van der Waals surface area contributed by atoms with Crippen LogP contribution in [0.1, 0.15) is 46.0 Å². The van der Waals surface area contributed by atoms with Gasteiger partial charge in [-0.25, -0.2) is 0 Å². The average molecular weight is 259 g/mol. The van der Waals surface area contributed by atoms with E-state index in [2.05, 4.69) is 18.7 Å². The number of piperidine rings is 1. The lowest BCUT2D eigenvalue weighted by atomic mass is 9.95. The highest BCUT2D eigenvalue weighted by Crippen LogP contribution is 2.22. The first-order chi connectivity index (χ1) is 8.58. The van der Waals surface area contributed by atoms with Gasteiger partial charge in [0, 0.05) is 25.7 Å². The van der Waals surface area contributed by atoms with Crippen molar-refractivity contribution in [3.05, 3.63) is 0 Å². The fourth-order valence-electron chi connectivity index (χ4n) is 2.75. The van der Waals surface area contributed by atoms with Crippen LogP contribution in [0, 0.1) is 0 Å². The third-order valence-corrected chi connectivity index (χ3v) is 4.10. The Hall–Kier alpha value is -0.160. The lowest BCUT2D eigenvalue weighted by Crippen LogP contribution is -2.49. The van der Waals surface area contributed by atoms with Crippen LogP contribution < -0.4 is 0 Å². The molecule has 4 heteroatoms. The summed E-state index contributed by atoms with van der Waals surface area (Å²) in [6, 6.07) is 0.798. The summed E-state index contributed by atoms with van der Waals surface area (Å²) in [5.74, 6) is 0. The molecule has 1 aliphatic heterocycles. The van der Waals surface area contributed by atoms with Gasteiger partial charge in [0.25, 0.3) is 0 Å². The molecule has 2 atom stereocenters. The van der Waals surface area contributed by atoms with Crippen molar-refractivity contribution in [3.63, 3.8) is 0 Å². The molecule has 0 aromatic rings. The van der Waals surface area contributed by atoms with Crippen molar-refractivity contribution in [2.75, 3.05) is 20.3 Å². The highest BCUT2D eigenvalue weighted by Gasteiger charge is 2.28. The van der Waals surface area contributed by atoms with E-state index in [-0.39, 0.29) is 12.7 Å². The van der Waals surface area contributed by atoms with Crippen LogP contribution in [0.25, 0.3) is 0 Å². The number of likely N-dealkylation sites (tertiary alicyclic amines) is 1. The normalized spacial score (nSPS) is 33.5. The third kappa shape index (κ3) is 4.84. The molecule has 1 aliphatic carbocycles. The third-order valence-electron chi connectivity index (χ3n) is 4.10. The number of rotatable bonds is 3. The molecule has 0 amide bonds. The number of β-amino-alcohol motifs (C(OH)–C–C–N with tert-alkyl or cyclic N) is 1. The minimum Gasteiger partial charge on any atom is -0.395 e. The Labute approximate surface area is 111 Å². The zero-order valence-electron chi connectivity index (χ0n) is 12.0. The van der Waals surface area contributed by atoms with Crippen LogP contribution in [-0.2, 0) is 4.74 Å². The van der Waals surface area contributed by atoms with Gasteiger partial charge >= 0.3 is 0 Å². The van der Waals surface area contributed by atoms with E-state index in [9.17, 15) is 5.11 Å². The van der Waals surface area contributed by atoms with Crippen molar-refractivity contribution in [2.24, 2.45) is 0 Å². The fourth-order valence-corrected chi connectivity index (χ4v) is 2.75. The molecule has 2 N–H and O–H groups in total. The summed E-state index contributed by atoms with van der Waals surface area (Å²) in [6.07, 6.45) is 6.09. The standard InChI is InChI=1S/C9H19NO2.C5H10O/c1-7-5-9(12)6-8(2)10(7)3-4-11;1-6-5-3-2-4-5/h7-9,11-12H,3-6H2,1-2H3;5H,2-4H2,1H3. The average Bonchev–Trinajstić information content (AvgIpc) is 2.22. The summed E-state index contributed by atoms with van der Waals surface area (Å²) in [4.78, 5) is 2.26. The number of nitrogens with zero attached hydrogens (tertiary/aromatic N) is 1. The van der Waals surface area contributed by atoms with Crippen LogP contribution in [0.2, 0.25) is 0 Å². The number of ether oxygens (including phenoxy) is 1. The molecular weight excluding hydrogens is 230 g/mol. The summed E-state index contributed by atoms with van der Waals surface area (Å²) in [5, 5.41) is 18.3. The van der Waals surface area contributed by atoms with Crippen LogP contribution in [-0.4, -0.2) is 59.7 Å². The zero-order valence-corrected chi connectivity index (χ0v) is 12.0. The van der Waals surface area contributed by atoms with E-state index >= 15 is 0 Å². The maximum atomic E-state index is 9.45. The van der Waals surface area contributed by atoms with Crippen molar-refractivity contribution in [1.29, 1.82) is 0 Å². The Balaban J connectivity index is 0.000000225. The minimum atomic E-state index is -0.148. The molecule has 1 saturated carbocycles. The predicted molar refractivity (Wildman–Crippen MR) is 72.6 cm³/mol. The van der Waals surface area contributed by atoms with Gasteiger partial charge < -0.3 is 14.9 Å². The van der Waals surface area contributed by atoms with Gasteiger partial charge in [0.15, 0.2) is 0 Å². The number of methoxy groups -OCH3 is 1. The maximum absolute atomic E-state index is 9.45. The first-order valence-electron chi connectivity index (χ1n) is 7.16. The molecular formula is C14H29NO3. The summed E-state index contributed by atoms with van der Waals surface area (Å²) >= 11 is 0. The fraction of sp³-hybridized carbons (Fsp3) is 1.00. The Morgan fingerprint density at radius 1 is 1.17 bits per heavy atom. The molecule has 0 aromatic heterocycles. The van der Waals surface area contributed by atoms with E-state index in [0.29, 0.717) is 18.2 Å². The second-order valence-corrected chi connectivity index (χ2v) is 5.57. The van der Waals surface area contributed by atoms with Gasteiger partial charge in [0.1, 0.15) is 0 Å². The van der Waals surface area contributed by atoms with Gasteiger partial charge in [-0.15, -0.1) is 0 Å². The van der Waals surface area contributed by atoms with Crippen LogP contribution in [0.15, 0.2) is 0 Å². The van der Waals surface area contributed by atoms with Crippen molar-refractivity contribution in [3.8, 4) is 0 Å². The van der Waals surface area contributed by atoms with E-state index < -0.39 is 0 Å². The molecule has 0 radical (unpaired) electrons. The Morgan fingerprint density at radius 2 is 1.72 bits per heavy atom. The molecule has 0 aromatic carbocycles. The molecule has 2 aliphatic rings. The van der Waals surface area contributed by atoms with E-state index in [0.717, 1.165) is 19.4 Å². The second-order valence-electron chi connectivity index (χ2n) is 5.57. The Morgan fingerprint density at radius 3 is 2.00 bits per heavy atom. The van der Waals surface area contributed by atoms with E-state index in [1.807, 2.05) is 0 Å². The molecule has 4 nitrogen and oxygen atoms in total. The van der Waals surface area contributed by atoms with Crippen LogP contribution in [0.5, 0.6) is 0 Å². The number of aliphatic hydroxyl groups is 2. The van der Waals surface area contributed by atoms with E-state index in [1.54, 1.807) is 7.11 Å². The van der Waals surface area contributed by atoms with E-state index in [1.165, 1.54) is 19.3 Å². The molecule has 2 rings (SSSR count). The van der Waals surface area contributed by atoms with Gasteiger partial charge in [-0.3, -0.25) is 4.90 Å². The largest absolute Gasteiger partial charge is 0.395 e. The first-order valence-corrected chi connectivity index (χ1v) is 7.16.